The number of benzene rings is 3. The molecule has 0 aliphatic carbocycles. The average molecular weight is 654 g/mol. The molecule has 3 N–H and O–H groups in total. The molecule has 1 saturated heterocycles. The Bertz CT molecular complexity index is 2110. The van der Waals surface area contributed by atoms with Crippen LogP contribution in [-0.4, -0.2) is 63.8 Å². The zero-order valence-electron chi connectivity index (χ0n) is 27.4. The van der Waals surface area contributed by atoms with Crippen molar-refractivity contribution < 1.29 is 19.1 Å². The molecule has 0 atom stereocenters. The first-order valence-electron chi connectivity index (χ1n) is 16.1. The maximum atomic E-state index is 13.7. The van der Waals surface area contributed by atoms with Crippen LogP contribution in [0.25, 0.3) is 11.6 Å². The summed E-state index contributed by atoms with van der Waals surface area (Å²) in [6, 6.07) is 20.0. The van der Waals surface area contributed by atoms with Crippen molar-refractivity contribution in [2.45, 2.75) is 20.8 Å². The van der Waals surface area contributed by atoms with Gasteiger partial charge in [0, 0.05) is 78.9 Å². The largest absolute Gasteiger partial charge is 0.457 e. The number of amides is 3. The fourth-order valence-corrected chi connectivity index (χ4v) is 6.28. The second kappa shape index (κ2) is 13.1. The topological polar surface area (TPSA) is 133 Å². The van der Waals surface area contributed by atoms with Crippen LogP contribution < -0.4 is 20.3 Å². The lowest BCUT2D eigenvalue weighted by molar-refractivity contribution is -0.110. The van der Waals surface area contributed by atoms with Crippen LogP contribution in [0.2, 0.25) is 0 Å². The number of rotatable bonds is 7. The van der Waals surface area contributed by atoms with E-state index in [0.29, 0.717) is 71.4 Å². The standard InChI is InChI=1S/C38H35N7O4/c1-23-6-4-7-26(18-23)36(46)42-27-8-5-9-28(19-27)49-29-10-11-30-31(37(47)43-33(30)20-29)21-32-24(2)35(25(3)41-32)38(48)45-16-14-44(15-17-45)34-22-39-12-13-40-34/h4-13,18-22,41H,14-17H2,1-3H3,(H,42,46)(H,43,47). The maximum Gasteiger partial charge on any atom is 0.256 e. The number of nitrogens with zero attached hydrogens (tertiary/aromatic N) is 4. The highest BCUT2D eigenvalue weighted by molar-refractivity contribution is 6.35. The number of fused-ring (bicyclic) bond motifs is 1. The Morgan fingerprint density at radius 3 is 2.49 bits per heavy atom. The maximum absolute atomic E-state index is 13.7. The number of aromatic nitrogens is 3. The SMILES string of the molecule is Cc1cccc(C(=O)Nc2cccc(Oc3ccc4c(c3)NC(=O)C4=Cc3[nH]c(C)c(C(=O)N4CCN(c5cnccn5)CC4)c3C)c2)c1. The molecule has 49 heavy (non-hydrogen) atoms. The molecule has 0 radical (unpaired) electrons. The summed E-state index contributed by atoms with van der Waals surface area (Å²) in [6.07, 6.45) is 6.85. The average Bonchev–Trinajstić information content (AvgIpc) is 3.57. The van der Waals surface area contributed by atoms with Gasteiger partial charge < -0.3 is 30.2 Å². The van der Waals surface area contributed by atoms with Crippen molar-refractivity contribution in [1.82, 2.24) is 19.9 Å². The third-order valence-corrected chi connectivity index (χ3v) is 8.80. The summed E-state index contributed by atoms with van der Waals surface area (Å²) < 4.78 is 6.11. The van der Waals surface area contributed by atoms with Crippen LogP contribution in [0.3, 0.4) is 0 Å². The number of anilines is 3. The third-order valence-electron chi connectivity index (χ3n) is 8.80. The smallest absolute Gasteiger partial charge is 0.256 e. The Hall–Kier alpha value is -6.23. The van der Waals surface area contributed by atoms with Gasteiger partial charge in [-0.05, 0) is 68.8 Å². The predicted octanol–water partition coefficient (Wildman–Crippen LogP) is 6.23. The van der Waals surface area contributed by atoms with Gasteiger partial charge in [-0.3, -0.25) is 19.4 Å². The summed E-state index contributed by atoms with van der Waals surface area (Å²) in [5, 5.41) is 5.85. The third kappa shape index (κ3) is 6.51. The molecule has 0 spiro atoms. The van der Waals surface area contributed by atoms with E-state index in [0.717, 1.165) is 28.2 Å². The first kappa shape index (κ1) is 31.4. The Balaban J connectivity index is 1.05. The number of carbonyl (C=O) groups excluding carboxylic acids is 3. The van der Waals surface area contributed by atoms with Crippen LogP contribution in [0.5, 0.6) is 11.5 Å². The molecule has 2 aromatic heterocycles. The summed E-state index contributed by atoms with van der Waals surface area (Å²) >= 11 is 0. The number of hydrogen-bond donors (Lipinski definition) is 3. The second-order valence-corrected chi connectivity index (χ2v) is 12.2. The Morgan fingerprint density at radius 1 is 0.918 bits per heavy atom. The molecule has 4 heterocycles. The summed E-state index contributed by atoms with van der Waals surface area (Å²) in [5.41, 5.74) is 6.91. The molecular formula is C38H35N7O4. The number of hydrogen-bond acceptors (Lipinski definition) is 7. The summed E-state index contributed by atoms with van der Waals surface area (Å²) in [5.74, 6) is 1.38. The summed E-state index contributed by atoms with van der Waals surface area (Å²) in [6.45, 7) is 8.21. The number of aryl methyl sites for hydroxylation is 2. The van der Waals surface area contributed by atoms with Crippen molar-refractivity contribution in [2.75, 3.05) is 41.7 Å². The minimum atomic E-state index is -0.243. The molecular weight excluding hydrogens is 618 g/mol. The van der Waals surface area contributed by atoms with E-state index in [2.05, 4.69) is 30.5 Å². The van der Waals surface area contributed by atoms with Gasteiger partial charge in [0.15, 0.2) is 0 Å². The zero-order chi connectivity index (χ0) is 34.1. The van der Waals surface area contributed by atoms with Crippen molar-refractivity contribution in [3.05, 3.63) is 125 Å². The van der Waals surface area contributed by atoms with Gasteiger partial charge in [-0.25, -0.2) is 4.98 Å². The van der Waals surface area contributed by atoms with Crippen LogP contribution in [0.1, 0.15) is 48.8 Å². The van der Waals surface area contributed by atoms with Crippen LogP contribution in [-0.2, 0) is 4.79 Å². The van der Waals surface area contributed by atoms with E-state index < -0.39 is 0 Å². The lowest BCUT2D eigenvalue weighted by atomic mass is 10.0. The van der Waals surface area contributed by atoms with E-state index in [1.165, 1.54) is 0 Å². The molecule has 0 saturated carbocycles. The van der Waals surface area contributed by atoms with Crippen molar-refractivity contribution in [3.63, 3.8) is 0 Å². The van der Waals surface area contributed by atoms with E-state index in [1.54, 1.807) is 67.1 Å². The van der Waals surface area contributed by atoms with Crippen LogP contribution >= 0.6 is 0 Å². The number of nitrogens with one attached hydrogen (secondary N) is 3. The fraction of sp³-hybridized carbons (Fsp3) is 0.184. The van der Waals surface area contributed by atoms with E-state index in [4.69, 9.17) is 4.74 Å². The molecule has 11 heteroatoms. The lowest BCUT2D eigenvalue weighted by Gasteiger charge is -2.35. The number of ether oxygens (including phenoxy) is 1. The number of carbonyl (C=O) groups is 3. The second-order valence-electron chi connectivity index (χ2n) is 12.2. The van der Waals surface area contributed by atoms with E-state index in [9.17, 15) is 14.4 Å². The molecule has 246 valence electrons. The molecule has 3 amide bonds. The Morgan fingerprint density at radius 2 is 1.71 bits per heavy atom. The monoisotopic (exact) mass is 653 g/mol. The van der Waals surface area contributed by atoms with Crippen LogP contribution in [0, 0.1) is 20.8 Å². The van der Waals surface area contributed by atoms with Gasteiger partial charge in [-0.2, -0.15) is 0 Å². The molecule has 1 fully saturated rings. The van der Waals surface area contributed by atoms with Gasteiger partial charge >= 0.3 is 0 Å². The van der Waals surface area contributed by atoms with Crippen LogP contribution in [0.15, 0.2) is 85.3 Å². The number of H-pyrrole nitrogens is 1. The van der Waals surface area contributed by atoms with Gasteiger partial charge in [0.05, 0.1) is 23.0 Å². The molecule has 2 aliphatic rings. The zero-order valence-corrected chi connectivity index (χ0v) is 27.4. The highest BCUT2D eigenvalue weighted by atomic mass is 16.5. The molecule has 2 aliphatic heterocycles. The Labute approximate surface area is 283 Å². The van der Waals surface area contributed by atoms with E-state index in [-0.39, 0.29) is 17.7 Å². The molecule has 0 unspecified atom stereocenters. The summed E-state index contributed by atoms with van der Waals surface area (Å²) in [7, 11) is 0. The van der Waals surface area contributed by atoms with Crippen molar-refractivity contribution in [3.8, 4) is 11.5 Å². The predicted molar refractivity (Wildman–Crippen MR) is 189 cm³/mol. The van der Waals surface area contributed by atoms with Gasteiger partial charge in [0.2, 0.25) is 0 Å². The van der Waals surface area contributed by atoms with Crippen molar-refractivity contribution in [2.24, 2.45) is 0 Å². The summed E-state index contributed by atoms with van der Waals surface area (Å²) in [4.78, 5) is 55.4. The van der Waals surface area contributed by atoms with E-state index in [1.807, 2.05) is 49.9 Å². The normalized spacial score (nSPS) is 14.8. The molecule has 3 aromatic carbocycles. The van der Waals surface area contributed by atoms with Gasteiger partial charge in [0.25, 0.3) is 17.7 Å². The quantitative estimate of drug-likeness (QED) is 0.178. The highest BCUT2D eigenvalue weighted by Gasteiger charge is 2.29. The number of piperazine rings is 1. The van der Waals surface area contributed by atoms with Crippen LogP contribution in [0.4, 0.5) is 17.2 Å². The molecule has 11 nitrogen and oxygen atoms in total. The molecule has 0 bridgehead atoms. The highest BCUT2D eigenvalue weighted by Crippen LogP contribution is 2.38. The number of aromatic amines is 1. The molecule has 5 aromatic rings. The minimum Gasteiger partial charge on any atom is -0.457 e. The molecule has 7 rings (SSSR count). The fourth-order valence-electron chi connectivity index (χ4n) is 6.28. The van der Waals surface area contributed by atoms with Gasteiger partial charge in [0.1, 0.15) is 17.3 Å². The minimum absolute atomic E-state index is 0.0356. The van der Waals surface area contributed by atoms with E-state index >= 15 is 0 Å². The lowest BCUT2D eigenvalue weighted by Crippen LogP contribution is -2.49. The van der Waals surface area contributed by atoms with Crippen molar-refractivity contribution in [1.29, 1.82) is 0 Å². The first-order valence-corrected chi connectivity index (χ1v) is 16.1. The van der Waals surface area contributed by atoms with Gasteiger partial charge in [-0.15, -0.1) is 0 Å². The Kier molecular flexibility index (Phi) is 8.39. The van der Waals surface area contributed by atoms with Gasteiger partial charge in [-0.1, -0.05) is 23.8 Å². The first-order chi connectivity index (χ1) is 23.7. The van der Waals surface area contributed by atoms with Crippen molar-refractivity contribution >= 4 is 46.6 Å².